The molecule has 0 saturated heterocycles. The van der Waals surface area contributed by atoms with Crippen molar-refractivity contribution in [3.63, 3.8) is 0 Å². The predicted octanol–water partition coefficient (Wildman–Crippen LogP) is 1.19. The number of benzene rings is 1. The van der Waals surface area contributed by atoms with Crippen LogP contribution in [0.5, 0.6) is 0 Å². The zero-order valence-electron chi connectivity index (χ0n) is 13.0. The Labute approximate surface area is 142 Å². The molecule has 0 radical (unpaired) electrons. The number of tetrazole rings is 1. The topological polar surface area (TPSA) is 98.5 Å². The van der Waals surface area contributed by atoms with E-state index in [-0.39, 0.29) is 5.91 Å². The molecule has 8 nitrogen and oxygen atoms in total. The van der Waals surface area contributed by atoms with Crippen LogP contribution in [-0.2, 0) is 7.05 Å². The van der Waals surface area contributed by atoms with E-state index in [0.29, 0.717) is 28.8 Å². The minimum absolute atomic E-state index is 0.202. The Balaban J connectivity index is 1.51. The summed E-state index contributed by atoms with van der Waals surface area (Å²) in [6.07, 6.45) is 3.06. The molecule has 1 amide bonds. The highest BCUT2D eigenvalue weighted by atomic mass is 32.2. The minimum atomic E-state index is -0.202. The van der Waals surface area contributed by atoms with Crippen molar-refractivity contribution in [3.8, 4) is 11.4 Å². The first-order chi connectivity index (χ1) is 11.7. The summed E-state index contributed by atoms with van der Waals surface area (Å²) in [5.74, 6) is 1.06. The highest BCUT2D eigenvalue weighted by molar-refractivity contribution is 7.99. The van der Waals surface area contributed by atoms with E-state index in [2.05, 4.69) is 30.8 Å². The minimum Gasteiger partial charge on any atom is -0.351 e. The summed E-state index contributed by atoms with van der Waals surface area (Å²) in [6, 6.07) is 9.62. The molecule has 0 saturated carbocycles. The molecule has 0 aliphatic carbocycles. The number of nitrogens with zero attached hydrogens (tertiary/aromatic N) is 6. The Morgan fingerprint density at radius 1 is 1.21 bits per heavy atom. The van der Waals surface area contributed by atoms with E-state index in [1.54, 1.807) is 11.7 Å². The molecule has 3 aromatic rings. The van der Waals surface area contributed by atoms with Crippen LogP contribution in [0.25, 0.3) is 11.4 Å². The second-order valence-corrected chi connectivity index (χ2v) is 5.91. The molecule has 0 atom stereocenters. The van der Waals surface area contributed by atoms with Gasteiger partial charge in [-0.1, -0.05) is 42.1 Å². The fraction of sp³-hybridized carbons (Fsp3) is 0.200. The molecular formula is C15H15N7OS. The molecule has 9 heteroatoms. The number of carbonyl (C=O) groups is 1. The van der Waals surface area contributed by atoms with E-state index >= 15 is 0 Å². The van der Waals surface area contributed by atoms with Gasteiger partial charge in [-0.3, -0.25) is 4.79 Å². The third-order valence-corrected chi connectivity index (χ3v) is 4.16. The summed E-state index contributed by atoms with van der Waals surface area (Å²) in [4.78, 5) is 20.6. The molecule has 2 heterocycles. The van der Waals surface area contributed by atoms with Crippen molar-refractivity contribution in [3.05, 3.63) is 48.3 Å². The Kier molecular flexibility index (Phi) is 5.12. The summed E-state index contributed by atoms with van der Waals surface area (Å²) in [5.41, 5.74) is 1.35. The number of rotatable bonds is 6. The number of amides is 1. The number of aryl methyl sites for hydroxylation is 1. The van der Waals surface area contributed by atoms with Gasteiger partial charge < -0.3 is 5.32 Å². The first-order valence-corrected chi connectivity index (χ1v) is 8.23. The summed E-state index contributed by atoms with van der Waals surface area (Å²) in [5, 5.41) is 14.7. The lowest BCUT2D eigenvalue weighted by Gasteiger charge is -2.05. The molecule has 0 aliphatic rings. The molecule has 1 aromatic carbocycles. The van der Waals surface area contributed by atoms with Crippen molar-refractivity contribution < 1.29 is 4.79 Å². The number of thioether (sulfide) groups is 1. The van der Waals surface area contributed by atoms with Gasteiger partial charge in [-0.25, -0.2) is 14.6 Å². The zero-order chi connectivity index (χ0) is 16.8. The fourth-order valence-electron chi connectivity index (χ4n) is 1.93. The molecule has 0 spiro atoms. The van der Waals surface area contributed by atoms with E-state index < -0.39 is 0 Å². The van der Waals surface area contributed by atoms with E-state index in [0.717, 1.165) is 5.56 Å². The van der Waals surface area contributed by atoms with Gasteiger partial charge in [0.25, 0.3) is 5.91 Å². The van der Waals surface area contributed by atoms with Gasteiger partial charge in [0.05, 0.1) is 5.56 Å². The fourth-order valence-corrected chi connectivity index (χ4v) is 2.64. The SMILES string of the molecule is Cn1nnnc1SCCNC(=O)c1cnc(-c2ccccc2)nc1. The average molecular weight is 341 g/mol. The van der Waals surface area contributed by atoms with Crippen molar-refractivity contribution in [1.82, 2.24) is 35.5 Å². The number of hydrogen-bond acceptors (Lipinski definition) is 7. The summed E-state index contributed by atoms with van der Waals surface area (Å²) >= 11 is 1.47. The van der Waals surface area contributed by atoms with E-state index in [1.165, 1.54) is 24.2 Å². The van der Waals surface area contributed by atoms with Gasteiger partial charge in [0, 0.05) is 37.3 Å². The van der Waals surface area contributed by atoms with Gasteiger partial charge >= 0.3 is 0 Å². The zero-order valence-corrected chi connectivity index (χ0v) is 13.8. The van der Waals surface area contributed by atoms with Crippen LogP contribution >= 0.6 is 11.8 Å². The van der Waals surface area contributed by atoms with Gasteiger partial charge in [0.15, 0.2) is 5.82 Å². The van der Waals surface area contributed by atoms with Gasteiger partial charge in [-0.15, -0.1) is 5.10 Å². The van der Waals surface area contributed by atoms with Gasteiger partial charge in [-0.2, -0.15) is 0 Å². The summed E-state index contributed by atoms with van der Waals surface area (Å²) in [6.45, 7) is 0.497. The molecule has 3 rings (SSSR count). The molecule has 0 fully saturated rings. The molecule has 122 valence electrons. The second kappa shape index (κ2) is 7.64. The van der Waals surface area contributed by atoms with Crippen LogP contribution < -0.4 is 5.32 Å². The molecule has 1 N–H and O–H groups in total. The number of nitrogens with one attached hydrogen (secondary N) is 1. The smallest absolute Gasteiger partial charge is 0.254 e. The quantitative estimate of drug-likeness (QED) is 0.531. The van der Waals surface area contributed by atoms with Crippen molar-refractivity contribution in [2.75, 3.05) is 12.3 Å². The van der Waals surface area contributed by atoms with E-state index in [4.69, 9.17) is 0 Å². The third kappa shape index (κ3) is 3.93. The Morgan fingerprint density at radius 3 is 2.62 bits per heavy atom. The van der Waals surface area contributed by atoms with Crippen molar-refractivity contribution in [2.45, 2.75) is 5.16 Å². The predicted molar refractivity (Wildman–Crippen MR) is 89.3 cm³/mol. The lowest BCUT2D eigenvalue weighted by Crippen LogP contribution is -2.26. The number of carbonyl (C=O) groups excluding carboxylic acids is 1. The van der Waals surface area contributed by atoms with Gasteiger partial charge in [0.2, 0.25) is 5.16 Å². The largest absolute Gasteiger partial charge is 0.351 e. The Bertz CT molecular complexity index is 804. The maximum atomic E-state index is 12.1. The van der Waals surface area contributed by atoms with Crippen LogP contribution in [0.2, 0.25) is 0 Å². The van der Waals surface area contributed by atoms with Gasteiger partial charge in [-0.05, 0) is 10.4 Å². The number of aromatic nitrogens is 6. The van der Waals surface area contributed by atoms with Crippen LogP contribution in [0, 0.1) is 0 Å². The lowest BCUT2D eigenvalue weighted by atomic mass is 10.2. The summed E-state index contributed by atoms with van der Waals surface area (Å²) in [7, 11) is 1.77. The first-order valence-electron chi connectivity index (χ1n) is 7.25. The van der Waals surface area contributed by atoms with Crippen LogP contribution in [-0.4, -0.2) is 48.4 Å². The molecule has 0 aliphatic heterocycles. The Morgan fingerprint density at radius 2 is 1.96 bits per heavy atom. The first kappa shape index (κ1) is 16.1. The lowest BCUT2D eigenvalue weighted by molar-refractivity contribution is 0.0955. The normalized spacial score (nSPS) is 10.5. The van der Waals surface area contributed by atoms with Crippen LogP contribution in [0.3, 0.4) is 0 Å². The van der Waals surface area contributed by atoms with Gasteiger partial charge in [0.1, 0.15) is 0 Å². The molecule has 0 bridgehead atoms. The van der Waals surface area contributed by atoms with Crippen molar-refractivity contribution >= 4 is 17.7 Å². The van der Waals surface area contributed by atoms with Crippen LogP contribution in [0.15, 0.2) is 47.9 Å². The van der Waals surface area contributed by atoms with Crippen molar-refractivity contribution in [2.24, 2.45) is 7.05 Å². The highest BCUT2D eigenvalue weighted by Crippen LogP contribution is 2.13. The standard InChI is InChI=1S/C15H15N7OS/c1-22-15(19-20-21-22)24-8-7-16-14(23)12-9-17-13(18-10-12)11-5-3-2-4-6-11/h2-6,9-10H,7-8H2,1H3,(H,16,23). The maximum Gasteiger partial charge on any atom is 0.254 e. The van der Waals surface area contributed by atoms with E-state index in [1.807, 2.05) is 30.3 Å². The molecule has 2 aromatic heterocycles. The van der Waals surface area contributed by atoms with Crippen LogP contribution in [0.4, 0.5) is 0 Å². The second-order valence-electron chi connectivity index (χ2n) is 4.85. The highest BCUT2D eigenvalue weighted by Gasteiger charge is 2.08. The summed E-state index contributed by atoms with van der Waals surface area (Å²) < 4.78 is 1.59. The Hall–Kier alpha value is -2.81. The molecule has 0 unspecified atom stereocenters. The monoisotopic (exact) mass is 341 g/mol. The van der Waals surface area contributed by atoms with E-state index in [9.17, 15) is 4.79 Å². The third-order valence-electron chi connectivity index (χ3n) is 3.15. The average Bonchev–Trinajstić information content (AvgIpc) is 3.04. The van der Waals surface area contributed by atoms with Crippen molar-refractivity contribution in [1.29, 1.82) is 0 Å². The van der Waals surface area contributed by atoms with Crippen LogP contribution in [0.1, 0.15) is 10.4 Å². The number of hydrogen-bond donors (Lipinski definition) is 1. The molecular weight excluding hydrogens is 326 g/mol. The molecule has 24 heavy (non-hydrogen) atoms. The maximum absolute atomic E-state index is 12.1.